The molecule has 0 aromatic carbocycles. The van der Waals surface area contributed by atoms with Gasteiger partial charge in [0, 0.05) is 0 Å². The van der Waals surface area contributed by atoms with Crippen molar-refractivity contribution in [3.8, 4) is 0 Å². The van der Waals surface area contributed by atoms with Gasteiger partial charge < -0.3 is 61.6 Å². The van der Waals surface area contributed by atoms with Crippen molar-refractivity contribution in [3.63, 3.8) is 0 Å². The van der Waals surface area contributed by atoms with Crippen LogP contribution in [0.1, 0.15) is 0 Å². The monoisotopic (exact) mass is 612 g/mol. The van der Waals surface area contributed by atoms with Crippen molar-refractivity contribution >= 4 is 0 Å². The summed E-state index contributed by atoms with van der Waals surface area (Å²) in [5, 5.41) is 0. The van der Waals surface area contributed by atoms with Gasteiger partial charge in [-0.05, 0) is 0 Å². The summed E-state index contributed by atoms with van der Waals surface area (Å²) in [5.74, 6) is 0. The average molecular weight is 613 g/mol. The minimum atomic E-state index is 0.196. The summed E-state index contributed by atoms with van der Waals surface area (Å²) in [6.45, 7) is 19.7. The van der Waals surface area contributed by atoms with E-state index in [0.717, 1.165) is 0 Å². The highest BCUT2D eigenvalue weighted by Crippen LogP contribution is 1.87. The molecule has 0 N–H and O–H groups in total. The Balaban J connectivity index is 3.03. The summed E-state index contributed by atoms with van der Waals surface area (Å²) in [4.78, 5) is 0. The number of hydrogen-bond acceptors (Lipinski definition) is 13. The van der Waals surface area contributed by atoms with Gasteiger partial charge in [0.2, 0.25) is 0 Å². The first-order chi connectivity index (χ1) is 20.9. The Morgan fingerprint density at radius 3 is 0.595 bits per heavy atom. The van der Waals surface area contributed by atoms with Gasteiger partial charge in [0.25, 0.3) is 0 Å². The van der Waals surface area contributed by atoms with Gasteiger partial charge in [-0.1, -0.05) is 12.2 Å². The van der Waals surface area contributed by atoms with Crippen molar-refractivity contribution < 1.29 is 61.6 Å². The highest BCUT2D eigenvalue weighted by atomic mass is 16.7. The second-order valence-electron chi connectivity index (χ2n) is 8.17. The van der Waals surface area contributed by atoms with Crippen molar-refractivity contribution in [3.05, 3.63) is 25.3 Å². The van der Waals surface area contributed by atoms with Crippen LogP contribution >= 0.6 is 0 Å². The fourth-order valence-electron chi connectivity index (χ4n) is 2.73. The standard InChI is InChI=1S/C29H56O13/c1-3-5-30-7-9-32-11-13-34-15-16-36-18-20-38-22-24-40-26-28-42-29-41-27-25-39-23-21-37-19-17-35-14-12-33-10-8-31-6-4-2/h3-4H,1-2,5-29H2. The Labute approximate surface area is 252 Å². The number of ether oxygens (including phenoxy) is 13. The molecule has 0 aliphatic heterocycles. The first-order valence-corrected chi connectivity index (χ1v) is 14.6. The fraction of sp³-hybridized carbons (Fsp3) is 0.862. The molecule has 13 heteroatoms. The predicted molar refractivity (Wildman–Crippen MR) is 156 cm³/mol. The van der Waals surface area contributed by atoms with E-state index >= 15 is 0 Å². The Morgan fingerprint density at radius 1 is 0.238 bits per heavy atom. The minimum absolute atomic E-state index is 0.196. The van der Waals surface area contributed by atoms with E-state index in [1.807, 2.05) is 0 Å². The molecule has 0 atom stereocenters. The molecule has 0 spiro atoms. The highest BCUT2D eigenvalue weighted by Gasteiger charge is 1.96. The van der Waals surface area contributed by atoms with E-state index in [2.05, 4.69) is 13.2 Å². The van der Waals surface area contributed by atoms with E-state index in [1.165, 1.54) is 0 Å². The summed E-state index contributed by atoms with van der Waals surface area (Å²) in [6.07, 6.45) is 3.42. The van der Waals surface area contributed by atoms with Gasteiger partial charge in [-0.15, -0.1) is 13.2 Å². The van der Waals surface area contributed by atoms with E-state index in [-0.39, 0.29) is 6.79 Å². The Bertz CT molecular complexity index is 470. The summed E-state index contributed by atoms with van der Waals surface area (Å²) in [5.41, 5.74) is 0. The SMILES string of the molecule is C=CCOCCOCCOCCOCCOCCOCCOCOCCOCCOCCOCCOCCOCC=C. The van der Waals surface area contributed by atoms with Gasteiger partial charge in [0.1, 0.15) is 6.79 Å². The number of hydrogen-bond donors (Lipinski definition) is 0. The molecule has 0 aromatic heterocycles. The molecule has 0 rings (SSSR count). The molecule has 250 valence electrons. The smallest absolute Gasteiger partial charge is 0.146 e. The van der Waals surface area contributed by atoms with E-state index in [4.69, 9.17) is 61.6 Å². The second kappa shape index (κ2) is 40.0. The topological polar surface area (TPSA) is 120 Å². The van der Waals surface area contributed by atoms with Crippen LogP contribution in [0.5, 0.6) is 0 Å². The van der Waals surface area contributed by atoms with Crippen LogP contribution in [-0.4, -0.2) is 165 Å². The first-order valence-electron chi connectivity index (χ1n) is 14.6. The van der Waals surface area contributed by atoms with Crippen molar-refractivity contribution in [1.29, 1.82) is 0 Å². The van der Waals surface area contributed by atoms with Crippen molar-refractivity contribution in [2.45, 2.75) is 0 Å². The van der Waals surface area contributed by atoms with Crippen LogP contribution in [0.2, 0.25) is 0 Å². The zero-order chi connectivity index (χ0) is 30.3. The van der Waals surface area contributed by atoms with Crippen LogP contribution in [0.3, 0.4) is 0 Å². The zero-order valence-electron chi connectivity index (χ0n) is 25.6. The summed E-state index contributed by atoms with van der Waals surface area (Å²) >= 11 is 0. The highest BCUT2D eigenvalue weighted by molar-refractivity contribution is 4.63. The van der Waals surface area contributed by atoms with Crippen LogP contribution in [0, 0.1) is 0 Å². The molecule has 0 unspecified atom stereocenters. The molecule has 0 radical (unpaired) electrons. The Hall–Kier alpha value is -1.04. The van der Waals surface area contributed by atoms with Crippen LogP contribution in [0.4, 0.5) is 0 Å². The predicted octanol–water partition coefficient (Wildman–Crippen LogP) is 1.53. The normalized spacial score (nSPS) is 11.3. The molecule has 0 amide bonds. The lowest BCUT2D eigenvalue weighted by molar-refractivity contribution is -0.0865. The van der Waals surface area contributed by atoms with E-state index in [9.17, 15) is 0 Å². The Morgan fingerprint density at radius 2 is 0.405 bits per heavy atom. The molecule has 0 saturated heterocycles. The summed E-state index contributed by atoms with van der Waals surface area (Å²) in [7, 11) is 0. The van der Waals surface area contributed by atoms with Crippen LogP contribution in [-0.2, 0) is 61.6 Å². The van der Waals surface area contributed by atoms with Crippen molar-refractivity contribution in [2.75, 3.05) is 165 Å². The lowest BCUT2D eigenvalue weighted by Gasteiger charge is -2.09. The molecule has 0 saturated carbocycles. The lowest BCUT2D eigenvalue weighted by Crippen LogP contribution is -2.15. The van der Waals surface area contributed by atoms with E-state index < -0.39 is 0 Å². The fourth-order valence-corrected chi connectivity index (χ4v) is 2.73. The largest absolute Gasteiger partial charge is 0.377 e. The van der Waals surface area contributed by atoms with E-state index in [0.29, 0.717) is 159 Å². The van der Waals surface area contributed by atoms with Crippen LogP contribution in [0.25, 0.3) is 0 Å². The lowest BCUT2D eigenvalue weighted by atomic mass is 10.6. The quantitative estimate of drug-likeness (QED) is 0.0568. The molecule has 0 aliphatic rings. The van der Waals surface area contributed by atoms with Gasteiger partial charge in [-0.2, -0.15) is 0 Å². The molecule has 0 heterocycles. The van der Waals surface area contributed by atoms with Gasteiger partial charge in [0.15, 0.2) is 0 Å². The van der Waals surface area contributed by atoms with Gasteiger partial charge >= 0.3 is 0 Å². The summed E-state index contributed by atoms with van der Waals surface area (Å²) < 4.78 is 69.9. The maximum atomic E-state index is 5.45. The maximum absolute atomic E-state index is 5.45. The molecule has 0 aromatic rings. The molecule has 13 nitrogen and oxygen atoms in total. The zero-order valence-corrected chi connectivity index (χ0v) is 25.6. The van der Waals surface area contributed by atoms with E-state index in [1.54, 1.807) is 12.2 Å². The Kier molecular flexibility index (Phi) is 39.0. The second-order valence-corrected chi connectivity index (χ2v) is 8.17. The molecule has 42 heavy (non-hydrogen) atoms. The molecular formula is C29H56O13. The van der Waals surface area contributed by atoms with Crippen LogP contribution < -0.4 is 0 Å². The van der Waals surface area contributed by atoms with Crippen molar-refractivity contribution in [1.82, 2.24) is 0 Å². The number of rotatable bonds is 39. The van der Waals surface area contributed by atoms with Gasteiger partial charge in [-0.3, -0.25) is 0 Å². The third kappa shape index (κ3) is 39.0. The summed E-state index contributed by atoms with van der Waals surface area (Å²) in [6, 6.07) is 0. The van der Waals surface area contributed by atoms with Gasteiger partial charge in [-0.25, -0.2) is 0 Å². The third-order valence-corrected chi connectivity index (χ3v) is 4.73. The maximum Gasteiger partial charge on any atom is 0.146 e. The first kappa shape index (κ1) is 41.0. The molecule has 0 fully saturated rings. The average Bonchev–Trinajstić information content (AvgIpc) is 3.00. The molecular weight excluding hydrogens is 556 g/mol. The van der Waals surface area contributed by atoms with Gasteiger partial charge in [0.05, 0.1) is 159 Å². The van der Waals surface area contributed by atoms with Crippen molar-refractivity contribution in [2.24, 2.45) is 0 Å². The third-order valence-electron chi connectivity index (χ3n) is 4.73. The molecule has 0 bridgehead atoms. The van der Waals surface area contributed by atoms with Crippen LogP contribution in [0.15, 0.2) is 25.3 Å². The molecule has 0 aliphatic carbocycles. The minimum Gasteiger partial charge on any atom is -0.377 e.